The number of carbonyl (C=O) groups excluding carboxylic acids is 1. The standard InChI is InChI=1S/C23H17ClF2N4OS/c24-18-9-5-4-8-17(18)22-28-29-23(30(22)13-15-6-2-1-3-7-15)32-14-21(31)27-20-12-16(25)10-11-19(20)26/h1-12H,13-14H2,(H,27,31). The zero-order chi connectivity index (χ0) is 22.5. The van der Waals surface area contributed by atoms with Gasteiger partial charge in [0.15, 0.2) is 11.0 Å². The van der Waals surface area contributed by atoms with E-state index in [1.807, 2.05) is 53.1 Å². The number of halogens is 3. The minimum Gasteiger partial charge on any atom is -0.323 e. The minimum absolute atomic E-state index is 0.0641. The van der Waals surface area contributed by atoms with Gasteiger partial charge in [0.2, 0.25) is 5.91 Å². The third-order valence-electron chi connectivity index (χ3n) is 4.55. The predicted octanol–water partition coefficient (Wildman–Crippen LogP) is 5.66. The summed E-state index contributed by atoms with van der Waals surface area (Å²) < 4.78 is 29.0. The highest BCUT2D eigenvalue weighted by Gasteiger charge is 2.18. The van der Waals surface area contributed by atoms with E-state index in [9.17, 15) is 13.6 Å². The molecular formula is C23H17ClF2N4OS. The quantitative estimate of drug-likeness (QED) is 0.354. The lowest BCUT2D eigenvalue weighted by Crippen LogP contribution is -2.16. The number of hydrogen-bond donors (Lipinski definition) is 1. The van der Waals surface area contributed by atoms with Gasteiger partial charge in [-0.2, -0.15) is 0 Å². The smallest absolute Gasteiger partial charge is 0.234 e. The van der Waals surface area contributed by atoms with Crippen molar-refractivity contribution >= 4 is 35.0 Å². The second-order valence-corrected chi connectivity index (χ2v) is 8.17. The molecule has 0 spiro atoms. The van der Waals surface area contributed by atoms with E-state index in [0.29, 0.717) is 22.5 Å². The van der Waals surface area contributed by atoms with Crippen molar-refractivity contribution in [3.8, 4) is 11.4 Å². The molecule has 0 aliphatic rings. The van der Waals surface area contributed by atoms with Gasteiger partial charge in [0.25, 0.3) is 0 Å². The van der Waals surface area contributed by atoms with Crippen LogP contribution in [0.2, 0.25) is 5.02 Å². The van der Waals surface area contributed by atoms with Crippen LogP contribution in [0.4, 0.5) is 14.5 Å². The van der Waals surface area contributed by atoms with E-state index in [1.54, 1.807) is 6.07 Å². The molecule has 3 aromatic carbocycles. The number of nitrogens with zero attached hydrogens (tertiary/aromatic N) is 3. The van der Waals surface area contributed by atoms with Crippen LogP contribution < -0.4 is 5.32 Å². The van der Waals surface area contributed by atoms with E-state index in [1.165, 1.54) is 0 Å². The Balaban J connectivity index is 1.57. The molecule has 32 heavy (non-hydrogen) atoms. The molecule has 0 radical (unpaired) electrons. The minimum atomic E-state index is -0.710. The summed E-state index contributed by atoms with van der Waals surface area (Å²) in [5.41, 5.74) is 1.53. The van der Waals surface area contributed by atoms with Crippen molar-refractivity contribution in [3.05, 3.63) is 95.0 Å². The van der Waals surface area contributed by atoms with Crippen molar-refractivity contribution in [2.45, 2.75) is 11.7 Å². The first-order chi connectivity index (χ1) is 15.5. The van der Waals surface area contributed by atoms with Crippen molar-refractivity contribution in [2.24, 2.45) is 0 Å². The summed E-state index contributed by atoms with van der Waals surface area (Å²) in [6, 6.07) is 19.9. The molecule has 1 N–H and O–H groups in total. The molecular weight excluding hydrogens is 454 g/mol. The molecule has 0 aliphatic heterocycles. The normalized spacial score (nSPS) is 10.8. The fourth-order valence-electron chi connectivity index (χ4n) is 3.06. The van der Waals surface area contributed by atoms with Crippen LogP contribution in [0.1, 0.15) is 5.56 Å². The molecule has 9 heteroatoms. The summed E-state index contributed by atoms with van der Waals surface area (Å²) in [4.78, 5) is 12.4. The topological polar surface area (TPSA) is 59.8 Å². The number of carbonyl (C=O) groups is 1. The number of nitrogens with one attached hydrogen (secondary N) is 1. The predicted molar refractivity (Wildman–Crippen MR) is 122 cm³/mol. The van der Waals surface area contributed by atoms with E-state index in [2.05, 4.69) is 15.5 Å². The first-order valence-corrected chi connectivity index (χ1v) is 11.0. The Hall–Kier alpha value is -3.23. The summed E-state index contributed by atoms with van der Waals surface area (Å²) in [5.74, 6) is -1.34. The van der Waals surface area contributed by atoms with E-state index in [0.717, 1.165) is 41.1 Å². The Bertz CT molecular complexity index is 1250. The molecule has 0 atom stereocenters. The lowest BCUT2D eigenvalue weighted by Gasteiger charge is -2.11. The maximum atomic E-state index is 13.8. The van der Waals surface area contributed by atoms with Gasteiger partial charge in [0.1, 0.15) is 11.6 Å². The Kier molecular flexibility index (Phi) is 6.82. The molecule has 0 aliphatic carbocycles. The molecule has 0 unspecified atom stereocenters. The highest BCUT2D eigenvalue weighted by molar-refractivity contribution is 7.99. The number of rotatable bonds is 7. The summed E-state index contributed by atoms with van der Waals surface area (Å²) in [7, 11) is 0. The van der Waals surface area contributed by atoms with Gasteiger partial charge in [-0.25, -0.2) is 8.78 Å². The molecule has 1 heterocycles. The first-order valence-electron chi connectivity index (χ1n) is 9.61. The first kappa shape index (κ1) is 22.0. The Morgan fingerprint density at radius 1 is 1.00 bits per heavy atom. The van der Waals surface area contributed by atoms with Crippen LogP contribution in [0, 0.1) is 11.6 Å². The lowest BCUT2D eigenvalue weighted by molar-refractivity contribution is -0.113. The average Bonchev–Trinajstić information content (AvgIpc) is 3.18. The second kappa shape index (κ2) is 9.93. The highest BCUT2D eigenvalue weighted by atomic mass is 35.5. The number of aromatic nitrogens is 3. The second-order valence-electron chi connectivity index (χ2n) is 6.82. The molecule has 162 valence electrons. The summed E-state index contributed by atoms with van der Waals surface area (Å²) in [6.45, 7) is 0.469. The fraction of sp³-hybridized carbons (Fsp3) is 0.0870. The van der Waals surface area contributed by atoms with E-state index in [4.69, 9.17) is 11.6 Å². The monoisotopic (exact) mass is 470 g/mol. The van der Waals surface area contributed by atoms with Crippen molar-refractivity contribution in [1.29, 1.82) is 0 Å². The van der Waals surface area contributed by atoms with Crippen LogP contribution in [0.3, 0.4) is 0 Å². The molecule has 1 aromatic heterocycles. The Labute approximate surface area is 192 Å². The number of thioether (sulfide) groups is 1. The molecule has 0 fully saturated rings. The fourth-order valence-corrected chi connectivity index (χ4v) is 4.01. The summed E-state index contributed by atoms with van der Waals surface area (Å²) >= 11 is 7.51. The maximum absolute atomic E-state index is 13.8. The van der Waals surface area contributed by atoms with Crippen molar-refractivity contribution in [2.75, 3.05) is 11.1 Å². The molecule has 4 aromatic rings. The van der Waals surface area contributed by atoms with Crippen molar-refractivity contribution in [3.63, 3.8) is 0 Å². The third kappa shape index (κ3) is 5.15. The highest BCUT2D eigenvalue weighted by Crippen LogP contribution is 2.30. The molecule has 0 saturated carbocycles. The Morgan fingerprint density at radius 3 is 2.53 bits per heavy atom. The SMILES string of the molecule is O=C(CSc1nnc(-c2ccccc2Cl)n1Cc1ccccc1)Nc1cc(F)ccc1F. The van der Waals surface area contributed by atoms with Gasteiger partial charge in [-0.1, -0.05) is 65.8 Å². The molecule has 0 bridgehead atoms. The van der Waals surface area contributed by atoms with E-state index in [-0.39, 0.29) is 11.4 Å². The van der Waals surface area contributed by atoms with Crippen LogP contribution >= 0.6 is 23.4 Å². The number of anilines is 1. The van der Waals surface area contributed by atoms with Gasteiger partial charge in [-0.3, -0.25) is 9.36 Å². The van der Waals surface area contributed by atoms with Crippen molar-refractivity contribution < 1.29 is 13.6 Å². The van der Waals surface area contributed by atoms with Gasteiger partial charge >= 0.3 is 0 Å². The van der Waals surface area contributed by atoms with Gasteiger partial charge < -0.3 is 5.32 Å². The molecule has 5 nitrogen and oxygen atoms in total. The van der Waals surface area contributed by atoms with Crippen LogP contribution in [0.15, 0.2) is 78.0 Å². The van der Waals surface area contributed by atoms with Gasteiger partial charge in [-0.05, 0) is 29.8 Å². The number of hydrogen-bond acceptors (Lipinski definition) is 4. The maximum Gasteiger partial charge on any atom is 0.234 e. The lowest BCUT2D eigenvalue weighted by atomic mass is 10.2. The van der Waals surface area contributed by atoms with Crippen LogP contribution in [0.5, 0.6) is 0 Å². The zero-order valence-electron chi connectivity index (χ0n) is 16.6. The Morgan fingerprint density at radius 2 is 1.75 bits per heavy atom. The number of benzene rings is 3. The molecule has 0 saturated heterocycles. The van der Waals surface area contributed by atoms with Crippen LogP contribution in [-0.4, -0.2) is 26.4 Å². The van der Waals surface area contributed by atoms with Crippen LogP contribution in [-0.2, 0) is 11.3 Å². The summed E-state index contributed by atoms with van der Waals surface area (Å²) in [6.07, 6.45) is 0. The zero-order valence-corrected chi connectivity index (χ0v) is 18.2. The van der Waals surface area contributed by atoms with Gasteiger partial charge in [0.05, 0.1) is 23.0 Å². The molecule has 4 rings (SSSR count). The summed E-state index contributed by atoms with van der Waals surface area (Å²) in [5, 5.41) is 12.0. The average molecular weight is 471 g/mol. The van der Waals surface area contributed by atoms with E-state index < -0.39 is 17.5 Å². The number of amides is 1. The van der Waals surface area contributed by atoms with Crippen molar-refractivity contribution in [1.82, 2.24) is 14.8 Å². The van der Waals surface area contributed by atoms with Crippen LogP contribution in [0.25, 0.3) is 11.4 Å². The van der Waals surface area contributed by atoms with E-state index >= 15 is 0 Å². The third-order valence-corrected chi connectivity index (χ3v) is 5.85. The largest absolute Gasteiger partial charge is 0.323 e. The van der Waals surface area contributed by atoms with Gasteiger partial charge in [0, 0.05) is 11.6 Å². The van der Waals surface area contributed by atoms with Gasteiger partial charge in [-0.15, -0.1) is 10.2 Å². The molecule has 1 amide bonds.